The van der Waals surface area contributed by atoms with E-state index in [-0.39, 0.29) is 12.5 Å². The lowest BCUT2D eigenvalue weighted by atomic mass is 9.82. The maximum Gasteiger partial charge on any atom is 0.323 e. The predicted molar refractivity (Wildman–Crippen MR) is 90.1 cm³/mol. The Hall–Kier alpha value is -1.55. The van der Waals surface area contributed by atoms with Gasteiger partial charge >= 0.3 is 11.9 Å². The number of carbonyl (C=O) groups excluding carboxylic acids is 2. The molecule has 0 fully saturated rings. The summed E-state index contributed by atoms with van der Waals surface area (Å²) < 4.78 is 10.6. The minimum absolute atomic E-state index is 0.106. The molecule has 1 rings (SSSR count). The van der Waals surface area contributed by atoms with Crippen LogP contribution in [0.15, 0.2) is 24.3 Å². The number of carbonyl (C=O) groups is 2. The summed E-state index contributed by atoms with van der Waals surface area (Å²) in [5, 5.41) is 0.619. The highest BCUT2D eigenvalue weighted by molar-refractivity contribution is 6.30. The van der Waals surface area contributed by atoms with E-state index in [4.69, 9.17) is 21.1 Å². The normalized spacial score (nSPS) is 11.4. The van der Waals surface area contributed by atoms with Crippen LogP contribution in [0.5, 0.6) is 0 Å². The molecule has 23 heavy (non-hydrogen) atoms. The van der Waals surface area contributed by atoms with Gasteiger partial charge in [-0.2, -0.15) is 0 Å². The van der Waals surface area contributed by atoms with Gasteiger partial charge in [-0.15, -0.1) is 0 Å². The number of rotatable bonds is 8. The summed E-state index contributed by atoms with van der Waals surface area (Å²) in [4.78, 5) is 24.9. The lowest BCUT2D eigenvalue weighted by Gasteiger charge is -2.27. The second-order valence-corrected chi connectivity index (χ2v) is 6.42. The van der Waals surface area contributed by atoms with E-state index in [0.29, 0.717) is 24.5 Å². The van der Waals surface area contributed by atoms with Gasteiger partial charge in [0, 0.05) is 5.02 Å². The molecule has 5 heteroatoms. The van der Waals surface area contributed by atoms with Crippen molar-refractivity contribution in [2.24, 2.45) is 11.3 Å². The average molecular weight is 341 g/mol. The zero-order chi connectivity index (χ0) is 17.5. The molecular weight excluding hydrogens is 316 g/mol. The SMILES string of the molecule is CCC(CC)(C(=O)OCc1ccc(Cl)cc1)C(=O)OCC(C)C. The summed E-state index contributed by atoms with van der Waals surface area (Å²) in [5.41, 5.74) is -0.416. The minimum atomic E-state index is -1.23. The van der Waals surface area contributed by atoms with Crippen molar-refractivity contribution in [3.8, 4) is 0 Å². The number of ether oxygens (including phenoxy) is 2. The Balaban J connectivity index is 2.76. The van der Waals surface area contributed by atoms with Gasteiger partial charge < -0.3 is 9.47 Å². The van der Waals surface area contributed by atoms with Crippen LogP contribution in [0.3, 0.4) is 0 Å². The van der Waals surface area contributed by atoms with Crippen LogP contribution in [-0.2, 0) is 25.7 Å². The molecule has 0 saturated carbocycles. The molecule has 0 aromatic heterocycles. The van der Waals surface area contributed by atoms with Gasteiger partial charge in [-0.1, -0.05) is 51.4 Å². The van der Waals surface area contributed by atoms with E-state index in [2.05, 4.69) is 0 Å². The van der Waals surface area contributed by atoms with Gasteiger partial charge in [0.1, 0.15) is 6.61 Å². The first-order valence-corrected chi connectivity index (χ1v) is 8.32. The second kappa shape index (κ2) is 8.92. The van der Waals surface area contributed by atoms with Gasteiger partial charge in [0.25, 0.3) is 0 Å². The molecule has 1 aromatic rings. The molecule has 0 amide bonds. The van der Waals surface area contributed by atoms with Crippen molar-refractivity contribution in [3.05, 3.63) is 34.9 Å². The van der Waals surface area contributed by atoms with Crippen LogP contribution in [0, 0.1) is 11.3 Å². The summed E-state index contributed by atoms with van der Waals surface area (Å²) >= 11 is 5.82. The Morgan fingerprint density at radius 1 is 1.04 bits per heavy atom. The zero-order valence-electron chi connectivity index (χ0n) is 14.2. The van der Waals surface area contributed by atoms with Gasteiger partial charge in [-0.3, -0.25) is 9.59 Å². The Labute approximate surface area is 143 Å². The largest absolute Gasteiger partial charge is 0.465 e. The maximum atomic E-state index is 12.5. The first-order chi connectivity index (χ1) is 10.9. The van der Waals surface area contributed by atoms with E-state index in [1.54, 1.807) is 38.1 Å². The molecule has 0 aliphatic carbocycles. The lowest BCUT2D eigenvalue weighted by molar-refractivity contribution is -0.174. The van der Waals surface area contributed by atoms with E-state index in [0.717, 1.165) is 5.56 Å². The average Bonchev–Trinajstić information content (AvgIpc) is 2.54. The molecule has 1 aromatic carbocycles. The molecule has 0 radical (unpaired) electrons. The van der Waals surface area contributed by atoms with Crippen molar-refractivity contribution >= 4 is 23.5 Å². The van der Waals surface area contributed by atoms with Crippen molar-refractivity contribution in [1.29, 1.82) is 0 Å². The Bertz CT molecular complexity index is 518. The topological polar surface area (TPSA) is 52.6 Å². The first kappa shape index (κ1) is 19.5. The van der Waals surface area contributed by atoms with Crippen molar-refractivity contribution in [1.82, 2.24) is 0 Å². The fraction of sp³-hybridized carbons (Fsp3) is 0.556. The quantitative estimate of drug-likeness (QED) is 0.520. The molecule has 0 heterocycles. The summed E-state index contributed by atoms with van der Waals surface area (Å²) in [5.74, 6) is -0.820. The Morgan fingerprint density at radius 2 is 1.57 bits per heavy atom. The fourth-order valence-electron chi connectivity index (χ4n) is 2.16. The number of esters is 2. The first-order valence-electron chi connectivity index (χ1n) is 7.94. The van der Waals surface area contributed by atoms with Crippen LogP contribution in [0.1, 0.15) is 46.1 Å². The molecule has 0 saturated heterocycles. The third-order valence-electron chi connectivity index (χ3n) is 3.82. The molecule has 0 aliphatic rings. The Kier molecular flexibility index (Phi) is 7.56. The molecule has 4 nitrogen and oxygen atoms in total. The molecule has 0 spiro atoms. The maximum absolute atomic E-state index is 12.5. The van der Waals surface area contributed by atoms with Gasteiger partial charge in [0.2, 0.25) is 0 Å². The third-order valence-corrected chi connectivity index (χ3v) is 4.07. The van der Waals surface area contributed by atoms with Gasteiger partial charge in [0.05, 0.1) is 6.61 Å². The molecule has 0 atom stereocenters. The lowest BCUT2D eigenvalue weighted by Crippen LogP contribution is -2.41. The van der Waals surface area contributed by atoms with E-state index in [1.807, 2.05) is 13.8 Å². The highest BCUT2D eigenvalue weighted by atomic mass is 35.5. The standard InChI is InChI=1S/C18H25ClO4/c1-5-18(6-2,16(20)22-11-13(3)4)17(21)23-12-14-7-9-15(19)10-8-14/h7-10,13H,5-6,11-12H2,1-4H3. The van der Waals surface area contributed by atoms with Gasteiger partial charge in [-0.25, -0.2) is 0 Å². The van der Waals surface area contributed by atoms with Gasteiger partial charge in [-0.05, 0) is 36.5 Å². The van der Waals surface area contributed by atoms with Crippen molar-refractivity contribution < 1.29 is 19.1 Å². The zero-order valence-corrected chi connectivity index (χ0v) is 15.0. The molecule has 128 valence electrons. The van der Waals surface area contributed by atoms with Gasteiger partial charge in [0.15, 0.2) is 5.41 Å². The summed E-state index contributed by atoms with van der Waals surface area (Å²) in [6, 6.07) is 7.03. The number of benzene rings is 1. The van der Waals surface area contributed by atoms with Crippen LogP contribution in [0.25, 0.3) is 0 Å². The predicted octanol–water partition coefficient (Wildman–Crippen LogP) is 4.39. The van der Waals surface area contributed by atoms with Crippen LogP contribution >= 0.6 is 11.6 Å². The smallest absolute Gasteiger partial charge is 0.323 e. The molecule has 0 aliphatic heterocycles. The number of hydrogen-bond donors (Lipinski definition) is 0. The van der Waals surface area contributed by atoms with Crippen LogP contribution in [0.4, 0.5) is 0 Å². The summed E-state index contributed by atoms with van der Waals surface area (Å²) in [6.45, 7) is 7.89. The fourth-order valence-corrected chi connectivity index (χ4v) is 2.28. The molecular formula is C18H25ClO4. The van der Waals surface area contributed by atoms with E-state index in [1.165, 1.54) is 0 Å². The van der Waals surface area contributed by atoms with E-state index >= 15 is 0 Å². The molecule has 0 bridgehead atoms. The van der Waals surface area contributed by atoms with Crippen LogP contribution in [-0.4, -0.2) is 18.5 Å². The van der Waals surface area contributed by atoms with Crippen molar-refractivity contribution in [2.45, 2.75) is 47.1 Å². The summed E-state index contributed by atoms with van der Waals surface area (Å²) in [7, 11) is 0. The highest BCUT2D eigenvalue weighted by Crippen LogP contribution is 2.30. The summed E-state index contributed by atoms with van der Waals surface area (Å²) in [6.07, 6.45) is 0.694. The number of halogens is 1. The Morgan fingerprint density at radius 3 is 2.04 bits per heavy atom. The van der Waals surface area contributed by atoms with Crippen molar-refractivity contribution in [2.75, 3.05) is 6.61 Å². The molecule has 0 N–H and O–H groups in total. The van der Waals surface area contributed by atoms with Crippen LogP contribution in [0.2, 0.25) is 5.02 Å². The number of hydrogen-bond acceptors (Lipinski definition) is 4. The minimum Gasteiger partial charge on any atom is -0.465 e. The highest BCUT2D eigenvalue weighted by Gasteiger charge is 2.46. The monoisotopic (exact) mass is 340 g/mol. The van der Waals surface area contributed by atoms with E-state index in [9.17, 15) is 9.59 Å². The van der Waals surface area contributed by atoms with Crippen molar-refractivity contribution in [3.63, 3.8) is 0 Å². The second-order valence-electron chi connectivity index (χ2n) is 5.98. The van der Waals surface area contributed by atoms with Crippen LogP contribution < -0.4 is 0 Å². The molecule has 0 unspecified atom stereocenters. The van der Waals surface area contributed by atoms with E-state index < -0.39 is 17.4 Å². The third kappa shape index (κ3) is 5.24.